The average Bonchev–Trinajstić information content (AvgIpc) is 2.39. The second-order valence-electron chi connectivity index (χ2n) is 6.73. The monoisotopic (exact) mass is 317 g/mol. The first-order valence-electron chi connectivity index (χ1n) is 8.16. The predicted molar refractivity (Wildman–Crippen MR) is 89.9 cm³/mol. The number of carbonyl (C=O) groups is 1. The summed E-state index contributed by atoms with van der Waals surface area (Å²) in [5.74, 6) is -0.605. The van der Waals surface area contributed by atoms with Crippen molar-refractivity contribution >= 4 is 5.91 Å². The van der Waals surface area contributed by atoms with E-state index < -0.39 is 5.79 Å². The van der Waals surface area contributed by atoms with Crippen LogP contribution >= 0.6 is 0 Å². The quantitative estimate of drug-likeness (QED) is 0.373. The Morgan fingerprint density at radius 2 is 1.55 bits per heavy atom. The van der Waals surface area contributed by atoms with Gasteiger partial charge in [0.25, 0.3) is 0 Å². The lowest BCUT2D eigenvalue weighted by Crippen LogP contribution is -2.40. The van der Waals surface area contributed by atoms with Gasteiger partial charge in [-0.15, -0.1) is 0 Å². The topological polar surface area (TPSA) is 71.6 Å². The number of nitrogens with one attached hydrogen (secondary N) is 3. The molecule has 6 heteroatoms. The Morgan fingerprint density at radius 1 is 0.955 bits per heavy atom. The van der Waals surface area contributed by atoms with E-state index in [1.54, 1.807) is 0 Å². The molecule has 0 heterocycles. The molecule has 132 valence electrons. The molecule has 22 heavy (non-hydrogen) atoms. The third kappa shape index (κ3) is 14.3. The molecule has 6 nitrogen and oxygen atoms in total. The van der Waals surface area contributed by atoms with Gasteiger partial charge in [0.1, 0.15) is 0 Å². The van der Waals surface area contributed by atoms with E-state index in [0.29, 0.717) is 32.7 Å². The highest BCUT2D eigenvalue weighted by atomic mass is 16.7. The lowest BCUT2D eigenvalue weighted by molar-refractivity contribution is -0.211. The Bertz CT molecular complexity index is 302. The molecule has 0 radical (unpaired) electrons. The maximum atomic E-state index is 11.5. The zero-order chi connectivity index (χ0) is 17.1. The summed E-state index contributed by atoms with van der Waals surface area (Å²) in [6, 6.07) is 0. The molecule has 0 unspecified atom stereocenters. The normalized spacial score (nSPS) is 12.5. The molecule has 0 aliphatic rings. The summed E-state index contributed by atoms with van der Waals surface area (Å²) in [5.41, 5.74) is 0.0886. The van der Waals surface area contributed by atoms with Crippen LogP contribution in [0.25, 0.3) is 0 Å². The van der Waals surface area contributed by atoms with E-state index in [1.165, 1.54) is 0 Å². The first kappa shape index (κ1) is 21.3. The van der Waals surface area contributed by atoms with Crippen LogP contribution in [-0.4, -0.2) is 56.6 Å². The second kappa shape index (κ2) is 10.9. The molecule has 0 atom stereocenters. The Labute approximate surface area is 135 Å². The van der Waals surface area contributed by atoms with E-state index in [9.17, 15) is 4.79 Å². The van der Waals surface area contributed by atoms with Crippen LogP contribution in [0.15, 0.2) is 0 Å². The van der Waals surface area contributed by atoms with Gasteiger partial charge in [0.05, 0.1) is 13.2 Å². The van der Waals surface area contributed by atoms with Crippen molar-refractivity contribution in [3.8, 4) is 0 Å². The van der Waals surface area contributed by atoms with Gasteiger partial charge in [-0.1, -0.05) is 6.92 Å². The van der Waals surface area contributed by atoms with Crippen molar-refractivity contribution in [2.45, 2.75) is 59.3 Å². The van der Waals surface area contributed by atoms with Crippen LogP contribution < -0.4 is 16.0 Å². The highest BCUT2D eigenvalue weighted by Gasteiger charge is 2.19. The fourth-order valence-electron chi connectivity index (χ4n) is 1.72. The molecule has 0 aromatic carbocycles. The van der Waals surface area contributed by atoms with Gasteiger partial charge in [0.15, 0.2) is 5.79 Å². The van der Waals surface area contributed by atoms with E-state index in [0.717, 1.165) is 13.1 Å². The summed E-state index contributed by atoms with van der Waals surface area (Å²) in [5, 5.41) is 9.30. The molecule has 0 fully saturated rings. The van der Waals surface area contributed by atoms with Crippen LogP contribution in [0.3, 0.4) is 0 Å². The van der Waals surface area contributed by atoms with Gasteiger partial charge >= 0.3 is 0 Å². The molecule has 0 aromatic heterocycles. The highest BCUT2D eigenvalue weighted by molar-refractivity contribution is 5.75. The summed E-state index contributed by atoms with van der Waals surface area (Å²) in [6.45, 7) is 16.0. The molecule has 0 aromatic rings. The number of rotatable bonds is 12. The molecule has 0 saturated carbocycles. The third-order valence-electron chi connectivity index (χ3n) is 2.86. The molecule has 0 spiro atoms. The maximum Gasteiger partial charge on any atom is 0.221 e. The van der Waals surface area contributed by atoms with E-state index in [1.807, 2.05) is 20.8 Å². The SMILES string of the molecule is CCNCCC(=O)NCCOC(C)(C)OCCNC(C)(C)C. The lowest BCUT2D eigenvalue weighted by atomic mass is 10.1. The van der Waals surface area contributed by atoms with Crippen LogP contribution in [0.5, 0.6) is 0 Å². The summed E-state index contributed by atoms with van der Waals surface area (Å²) in [6.07, 6.45) is 0.492. The Morgan fingerprint density at radius 3 is 2.09 bits per heavy atom. The van der Waals surface area contributed by atoms with Gasteiger partial charge in [-0.3, -0.25) is 4.79 Å². The van der Waals surface area contributed by atoms with Crippen LogP contribution in [0.4, 0.5) is 0 Å². The Balaban J connectivity index is 3.64. The number of hydrogen-bond donors (Lipinski definition) is 3. The fraction of sp³-hybridized carbons (Fsp3) is 0.938. The Hall–Kier alpha value is -0.690. The summed E-state index contributed by atoms with van der Waals surface area (Å²) in [7, 11) is 0. The van der Waals surface area contributed by atoms with E-state index in [-0.39, 0.29) is 11.4 Å². The second-order valence-corrected chi connectivity index (χ2v) is 6.73. The van der Waals surface area contributed by atoms with Gasteiger partial charge < -0.3 is 25.4 Å². The highest BCUT2D eigenvalue weighted by Crippen LogP contribution is 2.10. The van der Waals surface area contributed by atoms with Crippen LogP contribution in [0.2, 0.25) is 0 Å². The van der Waals surface area contributed by atoms with Crippen molar-refractivity contribution in [2.75, 3.05) is 39.4 Å². The summed E-state index contributed by atoms with van der Waals surface area (Å²) >= 11 is 0. The zero-order valence-electron chi connectivity index (χ0n) is 15.2. The number of amides is 1. The van der Waals surface area contributed by atoms with Gasteiger partial charge in [-0.2, -0.15) is 0 Å². The van der Waals surface area contributed by atoms with Gasteiger partial charge in [-0.25, -0.2) is 0 Å². The van der Waals surface area contributed by atoms with Gasteiger partial charge in [0, 0.05) is 31.6 Å². The minimum absolute atomic E-state index is 0.0395. The van der Waals surface area contributed by atoms with Crippen molar-refractivity contribution in [1.29, 1.82) is 0 Å². The number of hydrogen-bond acceptors (Lipinski definition) is 5. The van der Waals surface area contributed by atoms with Crippen LogP contribution in [0.1, 0.15) is 48.0 Å². The molecule has 0 aliphatic carbocycles. The van der Waals surface area contributed by atoms with E-state index >= 15 is 0 Å². The summed E-state index contributed by atoms with van der Waals surface area (Å²) in [4.78, 5) is 11.5. The fourth-order valence-corrected chi connectivity index (χ4v) is 1.72. The number of ether oxygens (including phenoxy) is 2. The predicted octanol–water partition coefficient (Wildman–Crippen LogP) is 1.26. The maximum absolute atomic E-state index is 11.5. The van der Waals surface area contributed by atoms with E-state index in [2.05, 4.69) is 36.7 Å². The molecule has 0 saturated heterocycles. The largest absolute Gasteiger partial charge is 0.354 e. The standard InChI is InChI=1S/C16H35N3O3/c1-7-17-9-8-14(20)18-10-12-21-16(5,6)22-13-11-19-15(2,3)4/h17,19H,7-13H2,1-6H3,(H,18,20). The van der Waals surface area contributed by atoms with Crippen molar-refractivity contribution in [1.82, 2.24) is 16.0 Å². The van der Waals surface area contributed by atoms with Crippen molar-refractivity contribution in [2.24, 2.45) is 0 Å². The minimum atomic E-state index is -0.645. The zero-order valence-corrected chi connectivity index (χ0v) is 15.2. The minimum Gasteiger partial charge on any atom is -0.354 e. The molecule has 3 N–H and O–H groups in total. The molecule has 0 bridgehead atoms. The molecular weight excluding hydrogens is 282 g/mol. The number of carbonyl (C=O) groups excluding carboxylic acids is 1. The van der Waals surface area contributed by atoms with Crippen molar-refractivity contribution < 1.29 is 14.3 Å². The Kier molecular flexibility index (Phi) is 10.6. The molecule has 0 aliphatic heterocycles. The molecule has 1 amide bonds. The molecular formula is C16H35N3O3. The third-order valence-corrected chi connectivity index (χ3v) is 2.86. The lowest BCUT2D eigenvalue weighted by Gasteiger charge is -2.27. The van der Waals surface area contributed by atoms with Crippen LogP contribution in [-0.2, 0) is 14.3 Å². The van der Waals surface area contributed by atoms with Gasteiger partial charge in [0.2, 0.25) is 5.91 Å². The van der Waals surface area contributed by atoms with Crippen molar-refractivity contribution in [3.63, 3.8) is 0 Å². The van der Waals surface area contributed by atoms with Gasteiger partial charge in [-0.05, 0) is 41.2 Å². The molecule has 0 rings (SSSR count). The first-order chi connectivity index (χ1) is 10.2. The van der Waals surface area contributed by atoms with E-state index in [4.69, 9.17) is 9.47 Å². The smallest absolute Gasteiger partial charge is 0.221 e. The summed E-state index contributed by atoms with van der Waals surface area (Å²) < 4.78 is 11.4. The average molecular weight is 317 g/mol. The van der Waals surface area contributed by atoms with Crippen molar-refractivity contribution in [3.05, 3.63) is 0 Å². The first-order valence-corrected chi connectivity index (χ1v) is 8.16. The van der Waals surface area contributed by atoms with Crippen LogP contribution in [0, 0.1) is 0 Å².